The molecular weight excluding hydrogens is 383 g/mol. The molecule has 0 saturated heterocycles. The molecule has 0 spiro atoms. The summed E-state index contributed by atoms with van der Waals surface area (Å²) in [6.07, 6.45) is 0. The Morgan fingerprint density at radius 3 is 1.66 bits per heavy atom. The topological polar surface area (TPSA) is 66.4 Å². The SMILES string of the molecule is O=C(N[C@H](C(=O)O)C(c1ccccc1)c1ccccc1)c1c(F)cc(F)cc1F. The number of rotatable bonds is 6. The monoisotopic (exact) mass is 399 g/mol. The number of benzene rings is 3. The lowest BCUT2D eigenvalue weighted by molar-refractivity contribution is -0.139. The van der Waals surface area contributed by atoms with E-state index in [4.69, 9.17) is 0 Å². The van der Waals surface area contributed by atoms with Crippen molar-refractivity contribution in [2.24, 2.45) is 0 Å². The molecule has 0 radical (unpaired) electrons. The molecule has 1 atom stereocenters. The summed E-state index contributed by atoms with van der Waals surface area (Å²) >= 11 is 0. The maximum Gasteiger partial charge on any atom is 0.327 e. The number of carbonyl (C=O) groups is 2. The van der Waals surface area contributed by atoms with Crippen molar-refractivity contribution in [2.75, 3.05) is 0 Å². The third kappa shape index (κ3) is 4.45. The van der Waals surface area contributed by atoms with Crippen LogP contribution in [-0.4, -0.2) is 23.0 Å². The van der Waals surface area contributed by atoms with Gasteiger partial charge in [-0.2, -0.15) is 0 Å². The van der Waals surface area contributed by atoms with Crippen LogP contribution in [0.3, 0.4) is 0 Å². The summed E-state index contributed by atoms with van der Waals surface area (Å²) < 4.78 is 41.1. The highest BCUT2D eigenvalue weighted by Crippen LogP contribution is 2.29. The number of carboxylic acids is 1. The third-order valence-electron chi connectivity index (χ3n) is 4.44. The van der Waals surface area contributed by atoms with Crippen LogP contribution in [0.4, 0.5) is 13.2 Å². The normalized spacial score (nSPS) is 11.9. The number of hydrogen-bond acceptors (Lipinski definition) is 2. The number of amides is 1. The fourth-order valence-electron chi connectivity index (χ4n) is 3.16. The maximum atomic E-state index is 14.0. The Labute approximate surface area is 164 Å². The minimum absolute atomic E-state index is 0.361. The van der Waals surface area contributed by atoms with Crippen LogP contribution in [0.15, 0.2) is 72.8 Å². The fourth-order valence-corrected chi connectivity index (χ4v) is 3.16. The maximum absolute atomic E-state index is 14.0. The van der Waals surface area contributed by atoms with Crippen molar-refractivity contribution in [1.29, 1.82) is 0 Å². The van der Waals surface area contributed by atoms with Gasteiger partial charge in [-0.3, -0.25) is 4.79 Å². The van der Waals surface area contributed by atoms with E-state index in [1.165, 1.54) is 0 Å². The fraction of sp³-hybridized carbons (Fsp3) is 0.0909. The van der Waals surface area contributed by atoms with Crippen molar-refractivity contribution >= 4 is 11.9 Å². The molecule has 0 aliphatic carbocycles. The number of carbonyl (C=O) groups excluding carboxylic acids is 1. The van der Waals surface area contributed by atoms with E-state index in [2.05, 4.69) is 5.32 Å². The second-order valence-electron chi connectivity index (χ2n) is 6.33. The molecule has 3 aromatic carbocycles. The van der Waals surface area contributed by atoms with Crippen molar-refractivity contribution in [3.63, 3.8) is 0 Å². The summed E-state index contributed by atoms with van der Waals surface area (Å²) in [6.45, 7) is 0. The summed E-state index contributed by atoms with van der Waals surface area (Å²) in [5.41, 5.74) is 0.135. The van der Waals surface area contributed by atoms with E-state index >= 15 is 0 Å². The Kier molecular flexibility index (Phi) is 5.97. The number of aliphatic carboxylic acids is 1. The largest absolute Gasteiger partial charge is 0.480 e. The van der Waals surface area contributed by atoms with E-state index in [0.29, 0.717) is 23.3 Å². The van der Waals surface area contributed by atoms with Crippen LogP contribution in [0.25, 0.3) is 0 Å². The van der Waals surface area contributed by atoms with Crippen LogP contribution in [0.2, 0.25) is 0 Å². The quantitative estimate of drug-likeness (QED) is 0.655. The summed E-state index contributed by atoms with van der Waals surface area (Å²) in [6, 6.07) is 16.3. The molecular formula is C22H16F3NO3. The summed E-state index contributed by atoms with van der Waals surface area (Å²) in [5.74, 6) is -7.52. The van der Waals surface area contributed by atoms with E-state index in [-0.39, 0.29) is 0 Å². The number of halogens is 3. The summed E-state index contributed by atoms with van der Waals surface area (Å²) in [4.78, 5) is 24.5. The van der Waals surface area contributed by atoms with Crippen LogP contribution in [0.5, 0.6) is 0 Å². The Balaban J connectivity index is 2.03. The highest BCUT2D eigenvalue weighted by atomic mass is 19.1. The van der Waals surface area contributed by atoms with E-state index in [0.717, 1.165) is 0 Å². The number of nitrogens with one attached hydrogen (secondary N) is 1. The molecule has 2 N–H and O–H groups in total. The molecule has 0 saturated carbocycles. The van der Waals surface area contributed by atoms with Gasteiger partial charge in [-0.1, -0.05) is 60.7 Å². The highest BCUT2D eigenvalue weighted by Gasteiger charge is 2.33. The molecule has 0 bridgehead atoms. The van der Waals surface area contributed by atoms with Crippen molar-refractivity contribution in [3.8, 4) is 0 Å². The van der Waals surface area contributed by atoms with E-state index in [1.54, 1.807) is 60.7 Å². The van der Waals surface area contributed by atoms with Gasteiger partial charge in [0.25, 0.3) is 5.91 Å². The van der Waals surface area contributed by atoms with Gasteiger partial charge in [0, 0.05) is 18.1 Å². The standard InChI is InChI=1S/C22H16F3NO3/c23-15-11-16(24)19(17(25)12-15)21(27)26-20(22(28)29)18(13-7-3-1-4-8-13)14-9-5-2-6-10-14/h1-12,18,20H,(H,26,27)(H,28,29)/t20-/m0/s1. The van der Waals surface area contributed by atoms with Gasteiger partial charge in [0.2, 0.25) is 0 Å². The molecule has 0 unspecified atom stereocenters. The van der Waals surface area contributed by atoms with E-state index in [1.807, 2.05) is 0 Å². The molecule has 1 amide bonds. The number of hydrogen-bond donors (Lipinski definition) is 2. The predicted octanol–water partition coefficient (Wildman–Crippen LogP) is 4.12. The lowest BCUT2D eigenvalue weighted by Crippen LogP contribution is -2.45. The molecule has 0 fully saturated rings. The van der Waals surface area contributed by atoms with Crippen molar-refractivity contribution in [1.82, 2.24) is 5.32 Å². The van der Waals surface area contributed by atoms with E-state index < -0.39 is 46.9 Å². The zero-order chi connectivity index (χ0) is 21.0. The van der Waals surface area contributed by atoms with Crippen molar-refractivity contribution < 1.29 is 27.9 Å². The van der Waals surface area contributed by atoms with Gasteiger partial charge in [-0.15, -0.1) is 0 Å². The van der Waals surface area contributed by atoms with Crippen LogP contribution >= 0.6 is 0 Å². The lowest BCUT2D eigenvalue weighted by atomic mass is 9.85. The minimum Gasteiger partial charge on any atom is -0.480 e. The van der Waals surface area contributed by atoms with Gasteiger partial charge in [-0.05, 0) is 11.1 Å². The highest BCUT2D eigenvalue weighted by molar-refractivity contribution is 5.97. The van der Waals surface area contributed by atoms with Crippen molar-refractivity contribution in [3.05, 3.63) is 107 Å². The first-order valence-corrected chi connectivity index (χ1v) is 8.66. The van der Waals surface area contributed by atoms with Gasteiger partial charge < -0.3 is 10.4 Å². The van der Waals surface area contributed by atoms with Gasteiger partial charge in [-0.25, -0.2) is 18.0 Å². The van der Waals surface area contributed by atoms with Gasteiger partial charge in [0.15, 0.2) is 0 Å². The molecule has 0 aromatic heterocycles. The second-order valence-corrected chi connectivity index (χ2v) is 6.33. The first kappa shape index (κ1) is 20.1. The molecule has 0 heterocycles. The van der Waals surface area contributed by atoms with Crippen molar-refractivity contribution in [2.45, 2.75) is 12.0 Å². The van der Waals surface area contributed by atoms with Crippen LogP contribution in [-0.2, 0) is 4.79 Å². The zero-order valence-corrected chi connectivity index (χ0v) is 15.0. The molecule has 0 aliphatic rings. The van der Waals surface area contributed by atoms with Crippen LogP contribution < -0.4 is 5.32 Å². The molecule has 0 aliphatic heterocycles. The molecule has 7 heteroatoms. The molecule has 4 nitrogen and oxygen atoms in total. The third-order valence-corrected chi connectivity index (χ3v) is 4.44. The molecule has 3 aromatic rings. The number of carboxylic acid groups (broad SMARTS) is 1. The Bertz CT molecular complexity index is 963. The Morgan fingerprint density at radius 2 is 1.24 bits per heavy atom. The molecule has 3 rings (SSSR count). The van der Waals surface area contributed by atoms with Gasteiger partial charge >= 0.3 is 5.97 Å². The average Bonchev–Trinajstić information content (AvgIpc) is 2.68. The lowest BCUT2D eigenvalue weighted by Gasteiger charge is -2.26. The second kappa shape index (κ2) is 8.60. The van der Waals surface area contributed by atoms with Crippen LogP contribution in [0, 0.1) is 17.5 Å². The van der Waals surface area contributed by atoms with E-state index in [9.17, 15) is 27.9 Å². The van der Waals surface area contributed by atoms with Gasteiger partial charge in [0.1, 0.15) is 29.1 Å². The predicted molar refractivity (Wildman–Crippen MR) is 99.9 cm³/mol. The molecule has 148 valence electrons. The summed E-state index contributed by atoms with van der Waals surface area (Å²) in [5, 5.41) is 12.0. The Morgan fingerprint density at radius 1 is 0.793 bits per heavy atom. The smallest absolute Gasteiger partial charge is 0.327 e. The average molecular weight is 399 g/mol. The first-order valence-electron chi connectivity index (χ1n) is 8.66. The molecule has 29 heavy (non-hydrogen) atoms. The Hall–Kier alpha value is -3.61. The zero-order valence-electron chi connectivity index (χ0n) is 15.0. The first-order chi connectivity index (χ1) is 13.9. The van der Waals surface area contributed by atoms with Crippen LogP contribution in [0.1, 0.15) is 27.4 Å². The summed E-state index contributed by atoms with van der Waals surface area (Å²) in [7, 11) is 0. The van der Waals surface area contributed by atoms with Gasteiger partial charge in [0.05, 0.1) is 0 Å². The minimum atomic E-state index is -1.53.